The van der Waals surface area contributed by atoms with Crippen molar-refractivity contribution in [3.63, 3.8) is 0 Å². The van der Waals surface area contributed by atoms with Crippen LogP contribution in [0.15, 0.2) is 18.2 Å². The van der Waals surface area contributed by atoms with Crippen LogP contribution in [0.2, 0.25) is 0 Å². The Morgan fingerprint density at radius 3 is 2.81 bits per heavy atom. The fourth-order valence-corrected chi connectivity index (χ4v) is 2.04. The number of nitriles is 1. The molecule has 4 heteroatoms. The normalized spacial score (nSPS) is 15.0. The van der Waals surface area contributed by atoms with Crippen LogP contribution in [0.5, 0.6) is 11.5 Å². The third kappa shape index (κ3) is 2.42. The molecule has 0 spiro atoms. The zero-order chi connectivity index (χ0) is 11.4. The summed E-state index contributed by atoms with van der Waals surface area (Å²) in [6, 6.07) is 7.77. The van der Waals surface area contributed by atoms with Crippen molar-refractivity contribution in [3.05, 3.63) is 23.8 Å². The van der Waals surface area contributed by atoms with Gasteiger partial charge < -0.3 is 9.47 Å². The molecule has 16 heavy (non-hydrogen) atoms. The SMILES string of the molecule is COc1ccc(CC#N)cc1OC1CSC1. The Morgan fingerprint density at radius 2 is 2.25 bits per heavy atom. The number of thioether (sulfide) groups is 1. The van der Waals surface area contributed by atoms with Gasteiger partial charge in [-0.1, -0.05) is 6.07 Å². The molecule has 1 aromatic rings. The Hall–Kier alpha value is -1.34. The van der Waals surface area contributed by atoms with Crippen molar-refractivity contribution in [2.45, 2.75) is 12.5 Å². The third-order valence-corrected chi connectivity index (χ3v) is 3.63. The summed E-state index contributed by atoms with van der Waals surface area (Å²) in [6.45, 7) is 0. The van der Waals surface area contributed by atoms with E-state index in [9.17, 15) is 0 Å². The van der Waals surface area contributed by atoms with E-state index in [4.69, 9.17) is 14.7 Å². The second-order valence-electron chi connectivity index (χ2n) is 3.60. The second kappa shape index (κ2) is 5.13. The lowest BCUT2D eigenvalue weighted by Gasteiger charge is -2.26. The van der Waals surface area contributed by atoms with Gasteiger partial charge in [-0.05, 0) is 17.7 Å². The Kier molecular flexibility index (Phi) is 3.58. The molecule has 0 atom stereocenters. The molecule has 1 aliphatic heterocycles. The molecule has 0 amide bonds. The smallest absolute Gasteiger partial charge is 0.161 e. The monoisotopic (exact) mass is 235 g/mol. The minimum Gasteiger partial charge on any atom is -0.493 e. The Bertz CT molecular complexity index is 410. The van der Waals surface area contributed by atoms with Crippen LogP contribution in [0.4, 0.5) is 0 Å². The Morgan fingerprint density at radius 1 is 1.44 bits per heavy atom. The molecule has 3 nitrogen and oxygen atoms in total. The van der Waals surface area contributed by atoms with E-state index in [1.807, 2.05) is 30.0 Å². The number of nitrogens with zero attached hydrogens (tertiary/aromatic N) is 1. The number of methoxy groups -OCH3 is 1. The Balaban J connectivity index is 2.17. The van der Waals surface area contributed by atoms with E-state index >= 15 is 0 Å². The predicted octanol–water partition coefficient (Wildman–Crippen LogP) is 2.26. The van der Waals surface area contributed by atoms with Crippen LogP contribution in [0.1, 0.15) is 5.56 Å². The lowest BCUT2D eigenvalue weighted by atomic mass is 10.1. The summed E-state index contributed by atoms with van der Waals surface area (Å²) >= 11 is 1.87. The number of rotatable bonds is 4. The maximum atomic E-state index is 8.65. The first-order chi connectivity index (χ1) is 7.83. The molecular formula is C12H13NO2S. The quantitative estimate of drug-likeness (QED) is 0.802. The average molecular weight is 235 g/mol. The van der Waals surface area contributed by atoms with Gasteiger partial charge in [-0.25, -0.2) is 0 Å². The maximum Gasteiger partial charge on any atom is 0.161 e. The lowest BCUT2D eigenvalue weighted by molar-refractivity contribution is 0.228. The van der Waals surface area contributed by atoms with E-state index in [1.165, 1.54) is 0 Å². The van der Waals surface area contributed by atoms with Crippen LogP contribution >= 0.6 is 11.8 Å². The van der Waals surface area contributed by atoms with Gasteiger partial charge in [0.1, 0.15) is 6.10 Å². The highest BCUT2D eigenvalue weighted by molar-refractivity contribution is 8.00. The second-order valence-corrected chi connectivity index (χ2v) is 4.67. The summed E-state index contributed by atoms with van der Waals surface area (Å²) in [5.74, 6) is 3.55. The molecule has 1 saturated heterocycles. The minimum absolute atomic E-state index is 0.288. The molecule has 0 radical (unpaired) electrons. The third-order valence-electron chi connectivity index (χ3n) is 2.41. The predicted molar refractivity (Wildman–Crippen MR) is 64.1 cm³/mol. The van der Waals surface area contributed by atoms with Gasteiger partial charge in [-0.3, -0.25) is 0 Å². The van der Waals surface area contributed by atoms with E-state index in [-0.39, 0.29) is 6.10 Å². The van der Waals surface area contributed by atoms with E-state index in [1.54, 1.807) is 7.11 Å². The van der Waals surface area contributed by atoms with Crippen molar-refractivity contribution < 1.29 is 9.47 Å². The van der Waals surface area contributed by atoms with Gasteiger partial charge >= 0.3 is 0 Å². The highest BCUT2D eigenvalue weighted by Crippen LogP contribution is 2.32. The van der Waals surface area contributed by atoms with E-state index in [0.29, 0.717) is 6.42 Å². The molecule has 1 heterocycles. The molecule has 1 aromatic carbocycles. The van der Waals surface area contributed by atoms with Crippen LogP contribution in [0.3, 0.4) is 0 Å². The van der Waals surface area contributed by atoms with Crippen LogP contribution in [-0.4, -0.2) is 24.7 Å². The molecule has 1 fully saturated rings. The van der Waals surface area contributed by atoms with E-state index < -0.39 is 0 Å². The van der Waals surface area contributed by atoms with Gasteiger partial charge in [0.25, 0.3) is 0 Å². The Labute approximate surface area is 99.4 Å². The molecule has 0 bridgehead atoms. The molecule has 1 aliphatic rings. The summed E-state index contributed by atoms with van der Waals surface area (Å²) in [4.78, 5) is 0. The maximum absolute atomic E-state index is 8.65. The molecule has 0 aromatic heterocycles. The van der Waals surface area contributed by atoms with Crippen LogP contribution in [-0.2, 0) is 6.42 Å². The summed E-state index contributed by atoms with van der Waals surface area (Å²) in [7, 11) is 1.63. The van der Waals surface area contributed by atoms with Gasteiger partial charge in [0, 0.05) is 11.5 Å². The molecular weight excluding hydrogens is 222 g/mol. The standard InChI is InChI=1S/C12H13NO2S/c1-14-11-3-2-9(4-5-13)6-12(11)15-10-7-16-8-10/h2-3,6,10H,4,7-8H2,1H3. The molecule has 0 unspecified atom stereocenters. The molecule has 84 valence electrons. The highest BCUT2D eigenvalue weighted by atomic mass is 32.2. The van der Waals surface area contributed by atoms with Crippen molar-refractivity contribution in [1.82, 2.24) is 0 Å². The molecule has 0 N–H and O–H groups in total. The molecule has 0 aliphatic carbocycles. The number of benzene rings is 1. The zero-order valence-electron chi connectivity index (χ0n) is 9.10. The number of ether oxygens (including phenoxy) is 2. The van der Waals surface area contributed by atoms with Crippen molar-refractivity contribution in [2.24, 2.45) is 0 Å². The number of hydrogen-bond acceptors (Lipinski definition) is 4. The topological polar surface area (TPSA) is 42.2 Å². The van der Waals surface area contributed by atoms with Crippen LogP contribution in [0.25, 0.3) is 0 Å². The molecule has 0 saturated carbocycles. The van der Waals surface area contributed by atoms with E-state index in [0.717, 1.165) is 28.6 Å². The minimum atomic E-state index is 0.288. The van der Waals surface area contributed by atoms with Gasteiger partial charge in [0.15, 0.2) is 11.5 Å². The first-order valence-electron chi connectivity index (χ1n) is 5.11. The van der Waals surface area contributed by atoms with Gasteiger partial charge in [0.2, 0.25) is 0 Å². The first kappa shape index (κ1) is 11.2. The van der Waals surface area contributed by atoms with Crippen LogP contribution < -0.4 is 9.47 Å². The van der Waals surface area contributed by atoms with E-state index in [2.05, 4.69) is 6.07 Å². The fourth-order valence-electron chi connectivity index (χ4n) is 1.48. The van der Waals surface area contributed by atoms with Crippen molar-refractivity contribution >= 4 is 11.8 Å². The number of hydrogen-bond donors (Lipinski definition) is 0. The fraction of sp³-hybridized carbons (Fsp3) is 0.417. The van der Waals surface area contributed by atoms with Gasteiger partial charge in [-0.15, -0.1) is 0 Å². The van der Waals surface area contributed by atoms with Crippen LogP contribution in [0, 0.1) is 11.3 Å². The van der Waals surface area contributed by atoms with Crippen molar-refractivity contribution in [3.8, 4) is 17.6 Å². The molecule has 2 rings (SSSR count). The van der Waals surface area contributed by atoms with Gasteiger partial charge in [-0.2, -0.15) is 17.0 Å². The average Bonchev–Trinajstić information content (AvgIpc) is 2.24. The summed E-state index contributed by atoms with van der Waals surface area (Å²) in [5, 5.41) is 8.65. The summed E-state index contributed by atoms with van der Waals surface area (Å²) in [5.41, 5.74) is 0.963. The first-order valence-corrected chi connectivity index (χ1v) is 6.27. The summed E-state index contributed by atoms with van der Waals surface area (Å²) in [6.07, 6.45) is 0.691. The lowest BCUT2D eigenvalue weighted by Crippen LogP contribution is -2.31. The van der Waals surface area contributed by atoms with Crippen molar-refractivity contribution in [2.75, 3.05) is 18.6 Å². The van der Waals surface area contributed by atoms with Crippen molar-refractivity contribution in [1.29, 1.82) is 5.26 Å². The summed E-state index contributed by atoms with van der Waals surface area (Å²) < 4.78 is 11.0. The zero-order valence-corrected chi connectivity index (χ0v) is 9.92. The highest BCUT2D eigenvalue weighted by Gasteiger charge is 2.21. The largest absolute Gasteiger partial charge is 0.493 e. The van der Waals surface area contributed by atoms with Gasteiger partial charge in [0.05, 0.1) is 19.6 Å².